The molecule has 2 aliphatic heterocycles. The van der Waals surface area contributed by atoms with Gasteiger partial charge in [0.05, 0.1) is 17.7 Å². The van der Waals surface area contributed by atoms with Crippen molar-refractivity contribution >= 4 is 18.0 Å². The van der Waals surface area contributed by atoms with Gasteiger partial charge in [-0.15, -0.1) is 0 Å². The molecule has 0 atom stereocenters. The quantitative estimate of drug-likeness (QED) is 0.576. The molecule has 64 valence electrons. The Bertz CT molecular complexity index is 500. The van der Waals surface area contributed by atoms with Crippen molar-refractivity contribution in [3.63, 3.8) is 0 Å². The third-order valence-corrected chi connectivity index (χ3v) is 2.33. The van der Waals surface area contributed by atoms with Crippen LogP contribution in [0.2, 0.25) is 0 Å². The lowest BCUT2D eigenvalue weighted by Gasteiger charge is -2.14. The van der Waals surface area contributed by atoms with Crippen molar-refractivity contribution in [2.75, 3.05) is 12.0 Å². The van der Waals surface area contributed by atoms with Crippen molar-refractivity contribution in [2.45, 2.75) is 0 Å². The first kappa shape index (κ1) is 6.71. The van der Waals surface area contributed by atoms with Crippen LogP contribution < -0.4 is 21.2 Å². The summed E-state index contributed by atoms with van der Waals surface area (Å²) in [5, 5.41) is 8.71. The van der Waals surface area contributed by atoms with E-state index in [-0.39, 0.29) is 0 Å². The Morgan fingerprint density at radius 3 is 3.31 bits per heavy atom. The molecule has 3 heteroatoms. The second-order valence-electron chi connectivity index (χ2n) is 3.11. The molecule has 0 amide bonds. The van der Waals surface area contributed by atoms with Gasteiger partial charge in [0.15, 0.2) is 0 Å². The molecule has 2 aliphatic rings. The molecule has 0 aromatic heterocycles. The van der Waals surface area contributed by atoms with Gasteiger partial charge in [0.2, 0.25) is 0 Å². The van der Waals surface area contributed by atoms with Gasteiger partial charge in [0.1, 0.15) is 0 Å². The lowest BCUT2D eigenvalue weighted by atomic mass is 10.1. The standard InChI is InChI=1S/C10H9N3/c1-2-9-8(3-4-12-9)10-7(1)5-11-6-13-10/h1-5,11,13H,6H2. The minimum absolute atomic E-state index is 0.789. The summed E-state index contributed by atoms with van der Waals surface area (Å²) in [6, 6.07) is 4.11. The summed E-state index contributed by atoms with van der Waals surface area (Å²) < 4.78 is 0. The number of fused-ring (bicyclic) bond motifs is 3. The third-order valence-electron chi connectivity index (χ3n) is 2.33. The molecule has 0 saturated heterocycles. The molecule has 1 aromatic carbocycles. The molecule has 2 N–H and O–H groups in total. The van der Waals surface area contributed by atoms with Crippen LogP contribution in [-0.2, 0) is 0 Å². The molecule has 0 fully saturated rings. The van der Waals surface area contributed by atoms with Gasteiger partial charge in [-0.1, -0.05) is 0 Å². The Morgan fingerprint density at radius 2 is 2.31 bits per heavy atom. The van der Waals surface area contributed by atoms with Crippen LogP contribution >= 0.6 is 0 Å². The van der Waals surface area contributed by atoms with Gasteiger partial charge in [0, 0.05) is 23.2 Å². The summed E-state index contributed by atoms with van der Waals surface area (Å²) in [6.45, 7) is 0.789. The van der Waals surface area contributed by atoms with Crippen LogP contribution in [0.4, 0.5) is 5.69 Å². The van der Waals surface area contributed by atoms with Crippen molar-refractivity contribution in [3.8, 4) is 0 Å². The van der Waals surface area contributed by atoms with Gasteiger partial charge in [-0.05, 0) is 18.2 Å². The molecular formula is C10H9N3. The van der Waals surface area contributed by atoms with Crippen LogP contribution in [0.15, 0.2) is 23.3 Å². The van der Waals surface area contributed by atoms with Crippen molar-refractivity contribution in [2.24, 2.45) is 4.99 Å². The van der Waals surface area contributed by atoms with Crippen molar-refractivity contribution in [1.29, 1.82) is 0 Å². The van der Waals surface area contributed by atoms with Crippen LogP contribution in [-0.4, -0.2) is 6.67 Å². The molecule has 0 bridgehead atoms. The van der Waals surface area contributed by atoms with Gasteiger partial charge in [-0.25, -0.2) is 0 Å². The SMILES string of the molecule is C1=Cc2c3c(ccc2=N1)=CNCN3. The summed E-state index contributed by atoms with van der Waals surface area (Å²) >= 11 is 0. The van der Waals surface area contributed by atoms with E-state index >= 15 is 0 Å². The molecule has 0 radical (unpaired) electrons. The minimum atomic E-state index is 0.789. The van der Waals surface area contributed by atoms with E-state index in [0.717, 1.165) is 12.0 Å². The second kappa shape index (κ2) is 2.36. The fourth-order valence-electron chi connectivity index (χ4n) is 1.72. The first-order valence-electron chi connectivity index (χ1n) is 4.30. The van der Waals surface area contributed by atoms with E-state index in [0.29, 0.717) is 0 Å². The third kappa shape index (κ3) is 0.869. The highest BCUT2D eigenvalue weighted by Crippen LogP contribution is 2.11. The van der Waals surface area contributed by atoms with Gasteiger partial charge >= 0.3 is 0 Å². The number of nitrogens with zero attached hydrogens (tertiary/aromatic N) is 1. The number of benzene rings is 1. The van der Waals surface area contributed by atoms with E-state index in [1.165, 1.54) is 16.5 Å². The zero-order chi connectivity index (χ0) is 8.67. The van der Waals surface area contributed by atoms with Gasteiger partial charge in [0.25, 0.3) is 0 Å². The predicted molar refractivity (Wildman–Crippen MR) is 52.3 cm³/mol. The maximum atomic E-state index is 4.25. The van der Waals surface area contributed by atoms with Crippen LogP contribution in [0.25, 0.3) is 12.3 Å². The van der Waals surface area contributed by atoms with E-state index < -0.39 is 0 Å². The highest BCUT2D eigenvalue weighted by Gasteiger charge is 2.08. The van der Waals surface area contributed by atoms with Gasteiger partial charge in [-0.3, -0.25) is 4.99 Å². The maximum absolute atomic E-state index is 4.25. The summed E-state index contributed by atoms with van der Waals surface area (Å²) in [5.74, 6) is 0. The molecular weight excluding hydrogens is 162 g/mol. The van der Waals surface area contributed by atoms with Gasteiger partial charge < -0.3 is 10.6 Å². The van der Waals surface area contributed by atoms with Crippen molar-refractivity contribution in [3.05, 3.63) is 34.5 Å². The number of hydrogen-bond acceptors (Lipinski definition) is 3. The zero-order valence-electron chi connectivity index (χ0n) is 7.04. The van der Waals surface area contributed by atoms with E-state index in [2.05, 4.69) is 21.7 Å². The Morgan fingerprint density at radius 1 is 1.31 bits per heavy atom. The molecule has 13 heavy (non-hydrogen) atoms. The topological polar surface area (TPSA) is 36.4 Å². The maximum Gasteiger partial charge on any atom is 0.0845 e. The van der Waals surface area contributed by atoms with E-state index in [4.69, 9.17) is 0 Å². The smallest absolute Gasteiger partial charge is 0.0845 e. The molecule has 0 saturated carbocycles. The number of rotatable bonds is 0. The van der Waals surface area contributed by atoms with Crippen LogP contribution in [0, 0.1) is 0 Å². The molecule has 3 rings (SSSR count). The summed E-state index contributed by atoms with van der Waals surface area (Å²) in [6.07, 6.45) is 5.91. The van der Waals surface area contributed by atoms with E-state index in [1.54, 1.807) is 0 Å². The average Bonchev–Trinajstić information content (AvgIpc) is 2.65. The summed E-state index contributed by atoms with van der Waals surface area (Å²) in [7, 11) is 0. The number of anilines is 1. The van der Waals surface area contributed by atoms with Crippen LogP contribution in [0.5, 0.6) is 0 Å². The zero-order valence-corrected chi connectivity index (χ0v) is 7.04. The minimum Gasteiger partial charge on any atom is -0.373 e. The Balaban J connectivity index is 2.43. The monoisotopic (exact) mass is 171 g/mol. The number of nitrogens with one attached hydrogen (secondary N) is 2. The Kier molecular flexibility index (Phi) is 1.22. The highest BCUT2D eigenvalue weighted by atomic mass is 15.1. The molecule has 0 aliphatic carbocycles. The molecule has 3 nitrogen and oxygen atoms in total. The molecule has 0 spiro atoms. The predicted octanol–water partition coefficient (Wildman–Crippen LogP) is 0.00110. The lowest BCUT2D eigenvalue weighted by Crippen LogP contribution is -2.31. The summed E-state index contributed by atoms with van der Waals surface area (Å²) in [5.41, 5.74) is 2.39. The molecule has 2 heterocycles. The van der Waals surface area contributed by atoms with E-state index in [1.807, 2.05) is 24.5 Å². The first-order chi connectivity index (χ1) is 6.45. The molecule has 1 aromatic rings. The lowest BCUT2D eigenvalue weighted by molar-refractivity contribution is 0.952. The Hall–Kier alpha value is -1.77. The second-order valence-corrected chi connectivity index (χ2v) is 3.11. The fourth-order valence-corrected chi connectivity index (χ4v) is 1.72. The van der Waals surface area contributed by atoms with Crippen molar-refractivity contribution < 1.29 is 0 Å². The fraction of sp³-hybridized carbons (Fsp3) is 0.100. The number of hydrogen-bond donors (Lipinski definition) is 2. The van der Waals surface area contributed by atoms with Crippen molar-refractivity contribution in [1.82, 2.24) is 5.32 Å². The average molecular weight is 171 g/mol. The van der Waals surface area contributed by atoms with Crippen LogP contribution in [0.3, 0.4) is 0 Å². The van der Waals surface area contributed by atoms with E-state index in [9.17, 15) is 0 Å². The van der Waals surface area contributed by atoms with Gasteiger partial charge in [-0.2, -0.15) is 0 Å². The molecule has 0 unspecified atom stereocenters. The highest BCUT2D eigenvalue weighted by molar-refractivity contribution is 5.70. The normalized spacial score (nSPS) is 16.0. The van der Waals surface area contributed by atoms with Crippen LogP contribution in [0.1, 0.15) is 5.56 Å². The summed E-state index contributed by atoms with van der Waals surface area (Å²) in [4.78, 5) is 4.25. The Labute approximate surface area is 75.5 Å². The largest absolute Gasteiger partial charge is 0.373 e. The first-order valence-corrected chi connectivity index (χ1v) is 4.30.